The number of hydrogen-bond acceptors (Lipinski definition) is 2. The molecule has 2 aromatic carbocycles. The van der Waals surface area contributed by atoms with Crippen molar-refractivity contribution in [2.45, 2.75) is 19.4 Å². The summed E-state index contributed by atoms with van der Waals surface area (Å²) in [7, 11) is 0. The van der Waals surface area contributed by atoms with Gasteiger partial charge < -0.3 is 16.4 Å². The van der Waals surface area contributed by atoms with E-state index in [1.165, 1.54) is 12.1 Å². The zero-order chi connectivity index (χ0) is 16.8. The molecule has 2 aromatic rings. The lowest BCUT2D eigenvalue weighted by atomic mass is 10.0. The Labute approximate surface area is 133 Å². The first-order chi connectivity index (χ1) is 11.0. The average Bonchev–Trinajstić information content (AvgIpc) is 2.51. The number of urea groups is 1. The number of halogens is 1. The first-order valence-corrected chi connectivity index (χ1v) is 7.12. The van der Waals surface area contributed by atoms with Crippen molar-refractivity contribution in [3.8, 4) is 0 Å². The van der Waals surface area contributed by atoms with E-state index < -0.39 is 17.9 Å². The van der Waals surface area contributed by atoms with Crippen molar-refractivity contribution in [2.75, 3.05) is 5.32 Å². The Bertz CT molecular complexity index is 704. The van der Waals surface area contributed by atoms with Crippen molar-refractivity contribution >= 4 is 17.6 Å². The van der Waals surface area contributed by atoms with E-state index in [0.29, 0.717) is 5.69 Å². The minimum atomic E-state index is -0.714. The van der Waals surface area contributed by atoms with Crippen molar-refractivity contribution in [1.82, 2.24) is 5.32 Å². The molecule has 0 saturated carbocycles. The van der Waals surface area contributed by atoms with E-state index in [-0.39, 0.29) is 12.3 Å². The van der Waals surface area contributed by atoms with Gasteiger partial charge in [0.1, 0.15) is 5.82 Å². The van der Waals surface area contributed by atoms with E-state index in [0.717, 1.165) is 11.1 Å². The summed E-state index contributed by atoms with van der Waals surface area (Å²) in [6.45, 7) is 1.77. The zero-order valence-electron chi connectivity index (χ0n) is 12.7. The topological polar surface area (TPSA) is 84.2 Å². The normalized spacial score (nSPS) is 11.6. The highest BCUT2D eigenvalue weighted by Gasteiger charge is 2.18. The molecule has 0 aliphatic rings. The molecule has 0 fully saturated rings. The van der Waals surface area contributed by atoms with Crippen molar-refractivity contribution < 1.29 is 14.0 Å². The van der Waals surface area contributed by atoms with Gasteiger partial charge in [-0.15, -0.1) is 0 Å². The molecule has 1 atom stereocenters. The summed E-state index contributed by atoms with van der Waals surface area (Å²) in [5.74, 6) is -0.776. The molecule has 23 heavy (non-hydrogen) atoms. The Morgan fingerprint density at radius 3 is 2.52 bits per heavy atom. The van der Waals surface area contributed by atoms with Crippen LogP contribution in [0.5, 0.6) is 0 Å². The Morgan fingerprint density at radius 2 is 1.87 bits per heavy atom. The standard InChI is InChI=1S/C17H18FN3O2/c1-11-7-8-13(18)9-14(11)20-16(22)10-15(21-17(19)23)12-5-3-2-4-6-12/h2-9,15H,10H2,1H3,(H,20,22)(H3,19,21,23)/t15-/m0/s1. The number of carbonyl (C=O) groups is 2. The van der Waals surface area contributed by atoms with Crippen molar-refractivity contribution in [3.05, 3.63) is 65.5 Å². The van der Waals surface area contributed by atoms with Crippen LogP contribution in [-0.2, 0) is 4.79 Å². The van der Waals surface area contributed by atoms with Crippen LogP contribution >= 0.6 is 0 Å². The highest BCUT2D eigenvalue weighted by Crippen LogP contribution is 2.20. The van der Waals surface area contributed by atoms with Gasteiger partial charge >= 0.3 is 6.03 Å². The van der Waals surface area contributed by atoms with Crippen LogP contribution in [0.25, 0.3) is 0 Å². The zero-order valence-corrected chi connectivity index (χ0v) is 12.7. The summed E-state index contributed by atoms with van der Waals surface area (Å²) in [5.41, 5.74) is 7.09. The smallest absolute Gasteiger partial charge is 0.312 e. The maximum Gasteiger partial charge on any atom is 0.312 e. The molecule has 0 radical (unpaired) electrons. The number of aryl methyl sites for hydroxylation is 1. The van der Waals surface area contributed by atoms with Gasteiger partial charge in [0.05, 0.1) is 12.5 Å². The molecule has 0 heterocycles. The molecule has 0 aliphatic carbocycles. The predicted octanol–water partition coefficient (Wildman–Crippen LogP) is 2.87. The van der Waals surface area contributed by atoms with Crippen LogP contribution < -0.4 is 16.4 Å². The Balaban J connectivity index is 2.11. The van der Waals surface area contributed by atoms with Gasteiger partial charge in [-0.2, -0.15) is 0 Å². The fourth-order valence-electron chi connectivity index (χ4n) is 2.22. The van der Waals surface area contributed by atoms with Gasteiger partial charge in [-0.25, -0.2) is 9.18 Å². The van der Waals surface area contributed by atoms with E-state index >= 15 is 0 Å². The van der Waals surface area contributed by atoms with Crippen LogP contribution in [-0.4, -0.2) is 11.9 Å². The number of nitrogens with two attached hydrogens (primary N) is 1. The predicted molar refractivity (Wildman–Crippen MR) is 86.3 cm³/mol. The lowest BCUT2D eigenvalue weighted by Crippen LogP contribution is -2.35. The van der Waals surface area contributed by atoms with Crippen LogP contribution in [0.4, 0.5) is 14.9 Å². The minimum absolute atomic E-state index is 0.0110. The SMILES string of the molecule is Cc1ccc(F)cc1NC(=O)C[C@H](NC(N)=O)c1ccccc1. The van der Waals surface area contributed by atoms with Gasteiger partial charge in [-0.3, -0.25) is 4.79 Å². The van der Waals surface area contributed by atoms with Gasteiger partial charge in [-0.1, -0.05) is 36.4 Å². The fraction of sp³-hybridized carbons (Fsp3) is 0.176. The van der Waals surface area contributed by atoms with Crippen LogP contribution in [0.3, 0.4) is 0 Å². The third-order valence-electron chi connectivity index (χ3n) is 3.38. The second kappa shape index (κ2) is 7.40. The van der Waals surface area contributed by atoms with Gasteiger partial charge in [0.15, 0.2) is 0 Å². The van der Waals surface area contributed by atoms with Gasteiger partial charge in [0.2, 0.25) is 5.91 Å². The van der Waals surface area contributed by atoms with E-state index in [1.54, 1.807) is 37.3 Å². The number of carbonyl (C=O) groups excluding carboxylic acids is 2. The molecule has 3 amide bonds. The van der Waals surface area contributed by atoms with E-state index in [2.05, 4.69) is 10.6 Å². The molecular weight excluding hydrogens is 297 g/mol. The Kier molecular flexibility index (Phi) is 5.30. The number of nitrogens with one attached hydrogen (secondary N) is 2. The van der Waals surface area contributed by atoms with Crippen LogP contribution in [0.2, 0.25) is 0 Å². The second-order valence-corrected chi connectivity index (χ2v) is 5.18. The Morgan fingerprint density at radius 1 is 1.17 bits per heavy atom. The quantitative estimate of drug-likeness (QED) is 0.792. The first kappa shape index (κ1) is 16.5. The van der Waals surface area contributed by atoms with Crippen molar-refractivity contribution in [1.29, 1.82) is 0 Å². The van der Waals surface area contributed by atoms with E-state index in [4.69, 9.17) is 5.73 Å². The molecule has 6 heteroatoms. The summed E-state index contributed by atoms with van der Waals surface area (Å²) in [5, 5.41) is 5.20. The van der Waals surface area contributed by atoms with Crippen molar-refractivity contribution in [2.24, 2.45) is 5.73 Å². The van der Waals surface area contributed by atoms with E-state index in [1.807, 2.05) is 6.07 Å². The van der Waals surface area contributed by atoms with Crippen molar-refractivity contribution in [3.63, 3.8) is 0 Å². The molecule has 120 valence electrons. The van der Waals surface area contributed by atoms with Gasteiger partial charge in [0.25, 0.3) is 0 Å². The molecule has 0 saturated heterocycles. The number of primary amides is 1. The largest absolute Gasteiger partial charge is 0.352 e. The Hall–Kier alpha value is -2.89. The summed E-state index contributed by atoms with van der Waals surface area (Å²) in [6, 6.07) is 11.9. The minimum Gasteiger partial charge on any atom is -0.352 e. The third-order valence-corrected chi connectivity index (χ3v) is 3.38. The van der Waals surface area contributed by atoms with E-state index in [9.17, 15) is 14.0 Å². The molecule has 0 aromatic heterocycles. The number of benzene rings is 2. The maximum atomic E-state index is 13.3. The van der Waals surface area contributed by atoms with Crippen LogP contribution in [0.1, 0.15) is 23.6 Å². The molecule has 0 bridgehead atoms. The van der Waals surface area contributed by atoms with Gasteiger partial charge in [0, 0.05) is 5.69 Å². The summed E-state index contributed by atoms with van der Waals surface area (Å²) < 4.78 is 13.3. The summed E-state index contributed by atoms with van der Waals surface area (Å²) >= 11 is 0. The highest BCUT2D eigenvalue weighted by molar-refractivity contribution is 5.92. The molecule has 5 nitrogen and oxygen atoms in total. The summed E-state index contributed by atoms with van der Waals surface area (Å²) in [6.07, 6.45) is -0.0110. The molecule has 0 aliphatic heterocycles. The maximum absolute atomic E-state index is 13.3. The second-order valence-electron chi connectivity index (χ2n) is 5.18. The molecule has 2 rings (SSSR count). The highest BCUT2D eigenvalue weighted by atomic mass is 19.1. The molecular formula is C17H18FN3O2. The number of anilines is 1. The first-order valence-electron chi connectivity index (χ1n) is 7.12. The number of rotatable bonds is 5. The molecule has 0 spiro atoms. The fourth-order valence-corrected chi connectivity index (χ4v) is 2.22. The number of amides is 3. The lowest BCUT2D eigenvalue weighted by Gasteiger charge is -2.18. The lowest BCUT2D eigenvalue weighted by molar-refractivity contribution is -0.116. The van der Waals surface area contributed by atoms with Crippen LogP contribution in [0, 0.1) is 12.7 Å². The monoisotopic (exact) mass is 315 g/mol. The molecule has 0 unspecified atom stereocenters. The third kappa shape index (κ3) is 4.81. The summed E-state index contributed by atoms with van der Waals surface area (Å²) in [4.78, 5) is 23.4. The van der Waals surface area contributed by atoms with Crippen LogP contribution in [0.15, 0.2) is 48.5 Å². The molecule has 4 N–H and O–H groups in total. The number of hydrogen-bond donors (Lipinski definition) is 3. The average molecular weight is 315 g/mol. The van der Waals surface area contributed by atoms with Gasteiger partial charge in [-0.05, 0) is 30.2 Å².